The molecule has 130 valence electrons. The highest BCUT2D eigenvalue weighted by molar-refractivity contribution is 5.85. The van der Waals surface area contributed by atoms with E-state index < -0.39 is 0 Å². The molecule has 0 aliphatic carbocycles. The third kappa shape index (κ3) is 6.84. The Balaban J connectivity index is 0.00000242. The van der Waals surface area contributed by atoms with E-state index in [1.54, 1.807) is 0 Å². The van der Waals surface area contributed by atoms with Crippen molar-refractivity contribution in [3.8, 4) is 0 Å². The maximum absolute atomic E-state index is 12.5. The van der Waals surface area contributed by atoms with Gasteiger partial charge in [0.25, 0.3) is 0 Å². The number of carbonyl (C=O) groups excluding carboxylic acids is 1. The monoisotopic (exact) mass is 332 g/mol. The molecule has 2 aliphatic rings. The number of hydrogen-bond donors (Lipinski definition) is 1. The van der Waals surface area contributed by atoms with E-state index in [2.05, 4.69) is 17.1 Å². The minimum atomic E-state index is 0. The van der Waals surface area contributed by atoms with Gasteiger partial charge in [0, 0.05) is 26.1 Å². The van der Waals surface area contributed by atoms with Crippen LogP contribution in [0.25, 0.3) is 0 Å². The fraction of sp³-hybridized carbons (Fsp3) is 0.941. The van der Waals surface area contributed by atoms with E-state index in [1.807, 2.05) is 0 Å². The molecule has 2 saturated heterocycles. The van der Waals surface area contributed by atoms with Crippen molar-refractivity contribution in [3.63, 3.8) is 0 Å². The molecule has 1 unspecified atom stereocenters. The zero-order valence-corrected chi connectivity index (χ0v) is 14.8. The summed E-state index contributed by atoms with van der Waals surface area (Å²) in [6, 6.07) is 0. The molecule has 0 bridgehead atoms. The second-order valence-electron chi connectivity index (χ2n) is 6.56. The highest BCUT2D eigenvalue weighted by atomic mass is 35.5. The molecular formula is C17H33ClN2O2. The maximum Gasteiger partial charge on any atom is 0.222 e. The summed E-state index contributed by atoms with van der Waals surface area (Å²) in [6.07, 6.45) is 9.08. The van der Waals surface area contributed by atoms with Crippen LogP contribution in [0.2, 0.25) is 0 Å². The van der Waals surface area contributed by atoms with Gasteiger partial charge in [-0.1, -0.05) is 6.92 Å². The van der Waals surface area contributed by atoms with Gasteiger partial charge in [-0.15, -0.1) is 12.4 Å². The summed E-state index contributed by atoms with van der Waals surface area (Å²) in [4.78, 5) is 14.6. The first-order valence-electron chi connectivity index (χ1n) is 8.89. The largest absolute Gasteiger partial charge is 0.376 e. The van der Waals surface area contributed by atoms with Crippen molar-refractivity contribution in [1.29, 1.82) is 0 Å². The Kier molecular flexibility index (Phi) is 10.1. The smallest absolute Gasteiger partial charge is 0.222 e. The van der Waals surface area contributed by atoms with Gasteiger partial charge in [0.1, 0.15) is 0 Å². The predicted molar refractivity (Wildman–Crippen MR) is 92.5 cm³/mol. The van der Waals surface area contributed by atoms with Gasteiger partial charge in [-0.2, -0.15) is 0 Å². The predicted octanol–water partition coefficient (Wildman–Crippen LogP) is 3.00. The molecule has 0 aromatic rings. The van der Waals surface area contributed by atoms with E-state index in [0.717, 1.165) is 64.4 Å². The molecule has 4 nitrogen and oxygen atoms in total. The molecule has 2 heterocycles. The topological polar surface area (TPSA) is 41.6 Å². The number of hydrogen-bond acceptors (Lipinski definition) is 3. The maximum atomic E-state index is 12.5. The molecule has 0 aromatic carbocycles. The minimum absolute atomic E-state index is 0. The second kappa shape index (κ2) is 11.3. The normalized spacial score (nSPS) is 22.9. The number of amides is 1. The van der Waals surface area contributed by atoms with Crippen molar-refractivity contribution < 1.29 is 9.53 Å². The number of rotatable bonds is 7. The van der Waals surface area contributed by atoms with E-state index in [9.17, 15) is 4.79 Å². The van der Waals surface area contributed by atoms with Gasteiger partial charge in [0.15, 0.2) is 0 Å². The van der Waals surface area contributed by atoms with Crippen molar-refractivity contribution in [1.82, 2.24) is 10.2 Å². The molecular weight excluding hydrogens is 300 g/mol. The van der Waals surface area contributed by atoms with Crippen LogP contribution in [0.1, 0.15) is 58.3 Å². The number of piperidine rings is 1. The van der Waals surface area contributed by atoms with E-state index in [0.29, 0.717) is 5.91 Å². The lowest BCUT2D eigenvalue weighted by Gasteiger charge is -2.30. The average Bonchev–Trinajstić information content (AvgIpc) is 2.54. The fourth-order valence-corrected chi connectivity index (χ4v) is 3.44. The number of nitrogens with one attached hydrogen (secondary N) is 1. The third-order valence-electron chi connectivity index (χ3n) is 4.77. The number of nitrogens with zero attached hydrogens (tertiary/aromatic N) is 1. The highest BCUT2D eigenvalue weighted by Crippen LogP contribution is 2.19. The molecule has 22 heavy (non-hydrogen) atoms. The number of carbonyl (C=O) groups is 1. The molecule has 2 aliphatic heterocycles. The highest BCUT2D eigenvalue weighted by Gasteiger charge is 2.22. The van der Waals surface area contributed by atoms with Gasteiger partial charge in [0.2, 0.25) is 5.91 Å². The van der Waals surface area contributed by atoms with E-state index >= 15 is 0 Å². The van der Waals surface area contributed by atoms with Crippen molar-refractivity contribution in [2.24, 2.45) is 5.92 Å². The van der Waals surface area contributed by atoms with Crippen LogP contribution in [0.3, 0.4) is 0 Å². The van der Waals surface area contributed by atoms with Gasteiger partial charge in [-0.25, -0.2) is 0 Å². The van der Waals surface area contributed by atoms with Gasteiger partial charge in [0.05, 0.1) is 6.10 Å². The summed E-state index contributed by atoms with van der Waals surface area (Å²) >= 11 is 0. The first-order chi connectivity index (χ1) is 10.3. The third-order valence-corrected chi connectivity index (χ3v) is 4.77. The molecule has 1 atom stereocenters. The van der Waals surface area contributed by atoms with Crippen LogP contribution in [0.4, 0.5) is 0 Å². The Morgan fingerprint density at radius 2 is 2.00 bits per heavy atom. The standard InChI is InChI=1S/C17H32N2O2.ClH/c1-2-12-19(14-16-5-3-4-13-21-16)17(20)7-6-15-8-10-18-11-9-15;/h15-16,18H,2-14H2,1H3;1H. The van der Waals surface area contributed by atoms with Crippen molar-refractivity contribution >= 4 is 18.3 Å². The van der Waals surface area contributed by atoms with Crippen molar-refractivity contribution in [3.05, 3.63) is 0 Å². The molecule has 2 rings (SSSR count). The fourth-order valence-electron chi connectivity index (χ4n) is 3.44. The summed E-state index contributed by atoms with van der Waals surface area (Å²) in [6.45, 7) is 6.94. The summed E-state index contributed by atoms with van der Waals surface area (Å²) < 4.78 is 5.80. The van der Waals surface area contributed by atoms with Crippen molar-refractivity contribution in [2.45, 2.75) is 64.4 Å². The van der Waals surface area contributed by atoms with Crippen LogP contribution in [-0.4, -0.2) is 49.7 Å². The van der Waals surface area contributed by atoms with Crippen LogP contribution < -0.4 is 5.32 Å². The Labute approximate surface area is 141 Å². The summed E-state index contributed by atoms with van der Waals surface area (Å²) in [5.41, 5.74) is 0. The molecule has 0 saturated carbocycles. The Morgan fingerprint density at radius 1 is 1.23 bits per heavy atom. The molecule has 0 radical (unpaired) electrons. The average molecular weight is 333 g/mol. The molecule has 0 aromatic heterocycles. The van der Waals surface area contributed by atoms with Gasteiger partial charge >= 0.3 is 0 Å². The van der Waals surface area contributed by atoms with Gasteiger partial charge in [-0.3, -0.25) is 4.79 Å². The summed E-state index contributed by atoms with van der Waals surface area (Å²) in [7, 11) is 0. The van der Waals surface area contributed by atoms with Crippen molar-refractivity contribution in [2.75, 3.05) is 32.8 Å². The van der Waals surface area contributed by atoms with E-state index in [1.165, 1.54) is 25.7 Å². The number of halogens is 1. The van der Waals surface area contributed by atoms with Crippen LogP contribution in [-0.2, 0) is 9.53 Å². The number of ether oxygens (including phenoxy) is 1. The lowest BCUT2D eigenvalue weighted by atomic mass is 9.93. The van der Waals surface area contributed by atoms with Crippen LogP contribution in [0.5, 0.6) is 0 Å². The lowest BCUT2D eigenvalue weighted by molar-refractivity contribution is -0.134. The molecule has 0 spiro atoms. The quantitative estimate of drug-likeness (QED) is 0.779. The lowest BCUT2D eigenvalue weighted by Crippen LogP contribution is -2.40. The molecule has 5 heteroatoms. The van der Waals surface area contributed by atoms with Crippen LogP contribution >= 0.6 is 12.4 Å². The Morgan fingerprint density at radius 3 is 2.64 bits per heavy atom. The minimum Gasteiger partial charge on any atom is -0.376 e. The Hall–Kier alpha value is -0.320. The Bertz CT molecular complexity index is 303. The van der Waals surface area contributed by atoms with E-state index in [4.69, 9.17) is 4.74 Å². The van der Waals surface area contributed by atoms with Crippen LogP contribution in [0.15, 0.2) is 0 Å². The van der Waals surface area contributed by atoms with E-state index in [-0.39, 0.29) is 18.5 Å². The van der Waals surface area contributed by atoms with Gasteiger partial charge in [-0.05, 0) is 64.0 Å². The summed E-state index contributed by atoms with van der Waals surface area (Å²) in [5.74, 6) is 1.08. The SMILES string of the molecule is CCCN(CC1CCCCO1)C(=O)CCC1CCNCC1.Cl. The summed E-state index contributed by atoms with van der Waals surface area (Å²) in [5, 5.41) is 3.39. The van der Waals surface area contributed by atoms with Crippen LogP contribution in [0, 0.1) is 5.92 Å². The molecule has 1 N–H and O–H groups in total. The first kappa shape index (κ1) is 19.7. The zero-order valence-electron chi connectivity index (χ0n) is 14.0. The molecule has 1 amide bonds. The first-order valence-corrected chi connectivity index (χ1v) is 8.89. The molecule has 2 fully saturated rings. The van der Waals surface area contributed by atoms with Gasteiger partial charge < -0.3 is 15.0 Å². The second-order valence-corrected chi connectivity index (χ2v) is 6.56. The zero-order chi connectivity index (χ0) is 14.9.